The molecule has 0 aliphatic heterocycles. The number of esters is 1. The Kier molecular flexibility index (Phi) is 8.80. The van der Waals surface area contributed by atoms with Crippen molar-refractivity contribution in [1.29, 1.82) is 0 Å². The van der Waals surface area contributed by atoms with Crippen LogP contribution in [0.1, 0.15) is 81.1 Å². The molecule has 162 valence electrons. The number of hydrogen-bond acceptors (Lipinski definition) is 3. The number of ether oxygens (including phenoxy) is 2. The SMILES string of the molecule is CCCC1CCCCC1CCCOc1ccc(C(=O)Oc2ccc(CC)cc2)cc1. The Morgan fingerprint density at radius 1 is 0.867 bits per heavy atom. The molecule has 1 fully saturated rings. The van der Waals surface area contributed by atoms with Crippen molar-refractivity contribution >= 4 is 5.97 Å². The summed E-state index contributed by atoms with van der Waals surface area (Å²) < 4.78 is 11.4. The van der Waals surface area contributed by atoms with E-state index in [9.17, 15) is 4.79 Å². The van der Waals surface area contributed by atoms with E-state index in [1.54, 1.807) is 12.1 Å². The van der Waals surface area contributed by atoms with Crippen LogP contribution in [0.2, 0.25) is 0 Å². The molecule has 0 saturated heterocycles. The minimum atomic E-state index is -0.343. The maximum Gasteiger partial charge on any atom is 0.343 e. The molecule has 2 aromatic carbocycles. The Morgan fingerprint density at radius 2 is 1.50 bits per heavy atom. The van der Waals surface area contributed by atoms with Crippen molar-refractivity contribution in [1.82, 2.24) is 0 Å². The quantitative estimate of drug-likeness (QED) is 0.236. The van der Waals surface area contributed by atoms with Crippen molar-refractivity contribution < 1.29 is 14.3 Å². The lowest BCUT2D eigenvalue weighted by molar-refractivity contribution is 0.0734. The Morgan fingerprint density at radius 3 is 2.13 bits per heavy atom. The van der Waals surface area contributed by atoms with Crippen LogP contribution in [-0.2, 0) is 6.42 Å². The number of carbonyl (C=O) groups excluding carboxylic acids is 1. The van der Waals surface area contributed by atoms with Gasteiger partial charge in [0.1, 0.15) is 11.5 Å². The summed E-state index contributed by atoms with van der Waals surface area (Å²) >= 11 is 0. The van der Waals surface area contributed by atoms with Crippen LogP contribution in [-0.4, -0.2) is 12.6 Å². The van der Waals surface area contributed by atoms with Crippen molar-refractivity contribution in [3.8, 4) is 11.5 Å². The minimum absolute atomic E-state index is 0.343. The van der Waals surface area contributed by atoms with Crippen LogP contribution in [0.25, 0.3) is 0 Å². The molecule has 0 radical (unpaired) electrons. The zero-order valence-corrected chi connectivity index (χ0v) is 18.6. The normalized spacial score (nSPS) is 18.7. The molecule has 3 rings (SSSR count). The Bertz CT molecular complexity index is 762. The maximum absolute atomic E-state index is 12.3. The van der Waals surface area contributed by atoms with Gasteiger partial charge in [-0.2, -0.15) is 0 Å². The first-order valence-corrected chi connectivity index (χ1v) is 11.7. The third-order valence-corrected chi connectivity index (χ3v) is 6.35. The van der Waals surface area contributed by atoms with Crippen LogP contribution in [0.3, 0.4) is 0 Å². The zero-order chi connectivity index (χ0) is 21.2. The standard InChI is InChI=1S/C27H36O3/c1-3-8-22-9-5-6-10-23(22)11-7-20-29-25-18-14-24(15-19-25)27(28)30-26-16-12-21(4-2)13-17-26/h12-19,22-23H,3-11,20H2,1-2H3. The molecule has 0 spiro atoms. The van der Waals surface area contributed by atoms with E-state index >= 15 is 0 Å². The lowest BCUT2D eigenvalue weighted by Crippen LogP contribution is -2.20. The fourth-order valence-corrected chi connectivity index (χ4v) is 4.60. The van der Waals surface area contributed by atoms with Gasteiger partial charge in [0.2, 0.25) is 0 Å². The van der Waals surface area contributed by atoms with Crippen LogP contribution in [0.15, 0.2) is 48.5 Å². The highest BCUT2D eigenvalue weighted by Gasteiger charge is 2.23. The summed E-state index contributed by atoms with van der Waals surface area (Å²) in [6.45, 7) is 5.14. The summed E-state index contributed by atoms with van der Waals surface area (Å²) in [7, 11) is 0. The lowest BCUT2D eigenvalue weighted by Gasteiger charge is -2.31. The van der Waals surface area contributed by atoms with E-state index in [-0.39, 0.29) is 5.97 Å². The van der Waals surface area contributed by atoms with Crippen molar-refractivity contribution in [2.45, 2.75) is 71.6 Å². The molecule has 0 heterocycles. The first-order chi connectivity index (χ1) is 14.7. The molecule has 1 aliphatic rings. The largest absolute Gasteiger partial charge is 0.494 e. The third kappa shape index (κ3) is 6.62. The first-order valence-electron chi connectivity index (χ1n) is 11.7. The van der Waals surface area contributed by atoms with Gasteiger partial charge in [-0.05, 0) is 73.1 Å². The highest BCUT2D eigenvalue weighted by molar-refractivity contribution is 5.91. The van der Waals surface area contributed by atoms with Gasteiger partial charge in [0, 0.05) is 0 Å². The van der Waals surface area contributed by atoms with E-state index in [0.29, 0.717) is 11.3 Å². The van der Waals surface area contributed by atoms with Gasteiger partial charge in [-0.1, -0.05) is 64.5 Å². The molecule has 1 saturated carbocycles. The summed E-state index contributed by atoms with van der Waals surface area (Å²) in [6.07, 6.45) is 11.6. The smallest absolute Gasteiger partial charge is 0.343 e. The molecule has 1 aliphatic carbocycles. The Balaban J connectivity index is 1.42. The average molecular weight is 409 g/mol. The van der Waals surface area contributed by atoms with Crippen molar-refractivity contribution in [3.63, 3.8) is 0 Å². The Labute approximate surface area is 181 Å². The molecule has 2 unspecified atom stereocenters. The molecule has 3 heteroatoms. The molecule has 30 heavy (non-hydrogen) atoms. The molecule has 2 atom stereocenters. The molecule has 0 bridgehead atoms. The highest BCUT2D eigenvalue weighted by atomic mass is 16.5. The summed E-state index contributed by atoms with van der Waals surface area (Å²) in [5.41, 5.74) is 1.76. The Hall–Kier alpha value is -2.29. The summed E-state index contributed by atoms with van der Waals surface area (Å²) in [6, 6.07) is 14.9. The van der Waals surface area contributed by atoms with E-state index in [1.807, 2.05) is 36.4 Å². The third-order valence-electron chi connectivity index (χ3n) is 6.35. The second kappa shape index (κ2) is 11.8. The predicted octanol–water partition coefficient (Wildman–Crippen LogP) is 7.23. The highest BCUT2D eigenvalue weighted by Crippen LogP contribution is 2.36. The van der Waals surface area contributed by atoms with Gasteiger partial charge in [-0.25, -0.2) is 4.79 Å². The van der Waals surface area contributed by atoms with Crippen molar-refractivity contribution in [2.24, 2.45) is 11.8 Å². The molecule has 3 nitrogen and oxygen atoms in total. The maximum atomic E-state index is 12.3. The fraction of sp³-hybridized carbons (Fsp3) is 0.519. The van der Waals surface area contributed by atoms with Gasteiger partial charge in [-0.3, -0.25) is 0 Å². The molecular weight excluding hydrogens is 372 g/mol. The summed E-state index contributed by atoms with van der Waals surface area (Å²) in [5.74, 6) is 2.84. The van der Waals surface area contributed by atoms with Crippen LogP contribution in [0, 0.1) is 11.8 Å². The topological polar surface area (TPSA) is 35.5 Å². The van der Waals surface area contributed by atoms with Crippen LogP contribution in [0.5, 0.6) is 11.5 Å². The average Bonchev–Trinajstić information content (AvgIpc) is 2.79. The second-order valence-electron chi connectivity index (χ2n) is 8.50. The van der Waals surface area contributed by atoms with Crippen LogP contribution < -0.4 is 9.47 Å². The van der Waals surface area contributed by atoms with Gasteiger partial charge < -0.3 is 9.47 Å². The van der Waals surface area contributed by atoms with Crippen LogP contribution in [0.4, 0.5) is 0 Å². The van der Waals surface area contributed by atoms with Gasteiger partial charge in [0.25, 0.3) is 0 Å². The number of aryl methyl sites for hydroxylation is 1. The minimum Gasteiger partial charge on any atom is -0.494 e. The molecule has 2 aromatic rings. The molecule has 0 N–H and O–H groups in total. The molecule has 0 amide bonds. The second-order valence-corrected chi connectivity index (χ2v) is 8.50. The first kappa shape index (κ1) is 22.4. The van der Waals surface area contributed by atoms with E-state index < -0.39 is 0 Å². The van der Waals surface area contributed by atoms with Gasteiger partial charge in [0.05, 0.1) is 12.2 Å². The van der Waals surface area contributed by atoms with Gasteiger partial charge in [0.15, 0.2) is 0 Å². The van der Waals surface area contributed by atoms with Crippen LogP contribution >= 0.6 is 0 Å². The van der Waals surface area contributed by atoms with Gasteiger partial charge >= 0.3 is 5.97 Å². The van der Waals surface area contributed by atoms with Crippen molar-refractivity contribution in [3.05, 3.63) is 59.7 Å². The lowest BCUT2D eigenvalue weighted by atomic mass is 9.75. The number of carbonyl (C=O) groups is 1. The number of benzene rings is 2. The molecule has 0 aromatic heterocycles. The van der Waals surface area contributed by atoms with E-state index in [1.165, 1.54) is 50.5 Å². The van der Waals surface area contributed by atoms with E-state index in [4.69, 9.17) is 9.47 Å². The predicted molar refractivity (Wildman–Crippen MR) is 122 cm³/mol. The fourth-order valence-electron chi connectivity index (χ4n) is 4.60. The van der Waals surface area contributed by atoms with E-state index in [2.05, 4.69) is 13.8 Å². The monoisotopic (exact) mass is 408 g/mol. The zero-order valence-electron chi connectivity index (χ0n) is 18.6. The van der Waals surface area contributed by atoms with Gasteiger partial charge in [-0.15, -0.1) is 0 Å². The summed E-state index contributed by atoms with van der Waals surface area (Å²) in [4.78, 5) is 12.3. The number of rotatable bonds is 10. The van der Waals surface area contributed by atoms with E-state index in [0.717, 1.165) is 37.0 Å². The summed E-state index contributed by atoms with van der Waals surface area (Å²) in [5, 5.41) is 0. The number of hydrogen-bond donors (Lipinski definition) is 0. The molecular formula is C27H36O3. The van der Waals surface area contributed by atoms with Crippen molar-refractivity contribution in [2.75, 3.05) is 6.61 Å².